The van der Waals surface area contributed by atoms with Crippen molar-refractivity contribution in [3.63, 3.8) is 0 Å². The number of carboxylic acid groups (broad SMARTS) is 1. The third-order valence-electron chi connectivity index (χ3n) is 6.30. The molecule has 3 fully saturated rings. The van der Waals surface area contributed by atoms with Crippen molar-refractivity contribution in [3.8, 4) is 0 Å². The minimum absolute atomic E-state index is 0.0844. The van der Waals surface area contributed by atoms with E-state index in [1.807, 2.05) is 0 Å². The second-order valence-electron chi connectivity index (χ2n) is 7.36. The van der Waals surface area contributed by atoms with E-state index in [0.29, 0.717) is 18.8 Å². The number of hydrogen-bond acceptors (Lipinski definition) is 3. The maximum Gasteiger partial charge on any atom is 0.307 e. The molecule has 3 aliphatic carbocycles. The summed E-state index contributed by atoms with van der Waals surface area (Å²) in [5, 5.41) is 19.2. The van der Waals surface area contributed by atoms with Crippen molar-refractivity contribution in [2.75, 3.05) is 6.61 Å². The second kappa shape index (κ2) is 3.81. The summed E-state index contributed by atoms with van der Waals surface area (Å²) in [4.78, 5) is 23.8. The number of ketones is 1. The highest BCUT2D eigenvalue weighted by molar-refractivity contribution is 5.87. The van der Waals surface area contributed by atoms with Gasteiger partial charge in [0.1, 0.15) is 5.78 Å². The van der Waals surface area contributed by atoms with Gasteiger partial charge in [0.25, 0.3) is 0 Å². The lowest BCUT2D eigenvalue weighted by molar-refractivity contribution is -0.153. The predicted octanol–water partition coefficient (Wildman–Crippen LogP) is 1.71. The number of hydrogen-bond donors (Lipinski definition) is 2. The lowest BCUT2D eigenvalue weighted by Gasteiger charge is -2.43. The van der Waals surface area contributed by atoms with Gasteiger partial charge in [-0.25, -0.2) is 0 Å². The first kappa shape index (κ1) is 13.1. The Hall–Kier alpha value is -0.900. The maximum atomic E-state index is 12.2. The zero-order chi connectivity index (χ0) is 14.0. The fraction of sp³-hybridized carbons (Fsp3) is 0.867. The number of carbonyl (C=O) groups is 2. The van der Waals surface area contributed by atoms with Crippen molar-refractivity contribution >= 4 is 11.8 Å². The van der Waals surface area contributed by atoms with Gasteiger partial charge in [0.05, 0.1) is 12.5 Å². The lowest BCUT2D eigenvalue weighted by Crippen LogP contribution is -2.46. The Morgan fingerprint density at radius 1 is 1.32 bits per heavy atom. The summed E-state index contributed by atoms with van der Waals surface area (Å²) in [6, 6.07) is 0. The standard InChI is InChI=1S/C15H22O4/c1-14(2)7-15-9(13(18)19)4-3-8(14)10(15)5-12(17)11(15)6-16/h8-11,16H,3-7H2,1-2H3,(H,18,19)/t8-,9-,10+,11+,15+/m1/s1. The lowest BCUT2D eigenvalue weighted by atomic mass is 9.59. The molecule has 0 aromatic carbocycles. The highest BCUT2D eigenvalue weighted by Gasteiger charge is 2.70. The molecule has 0 aromatic rings. The van der Waals surface area contributed by atoms with Gasteiger partial charge in [0, 0.05) is 12.3 Å². The van der Waals surface area contributed by atoms with Crippen molar-refractivity contribution in [1.29, 1.82) is 0 Å². The van der Waals surface area contributed by atoms with Crippen LogP contribution in [0.4, 0.5) is 0 Å². The normalized spacial score (nSPS) is 47.2. The van der Waals surface area contributed by atoms with Gasteiger partial charge in [0.2, 0.25) is 0 Å². The van der Waals surface area contributed by atoms with E-state index >= 15 is 0 Å². The monoisotopic (exact) mass is 266 g/mol. The van der Waals surface area contributed by atoms with Crippen molar-refractivity contribution in [3.05, 3.63) is 0 Å². The molecule has 2 bridgehead atoms. The van der Waals surface area contributed by atoms with Crippen LogP contribution in [0.15, 0.2) is 0 Å². The van der Waals surface area contributed by atoms with Gasteiger partial charge in [-0.15, -0.1) is 0 Å². The van der Waals surface area contributed by atoms with Crippen LogP contribution in [0, 0.1) is 34.5 Å². The quantitative estimate of drug-likeness (QED) is 0.798. The molecular formula is C15H22O4. The Balaban J connectivity index is 2.13. The molecule has 5 atom stereocenters. The van der Waals surface area contributed by atoms with Crippen LogP contribution in [0.5, 0.6) is 0 Å². The van der Waals surface area contributed by atoms with Crippen molar-refractivity contribution in [2.24, 2.45) is 34.5 Å². The molecule has 0 spiro atoms. The van der Waals surface area contributed by atoms with Gasteiger partial charge in [-0.1, -0.05) is 13.8 Å². The molecule has 0 aromatic heterocycles. The molecule has 106 valence electrons. The molecule has 0 aliphatic heterocycles. The minimum Gasteiger partial charge on any atom is -0.481 e. The molecule has 0 saturated heterocycles. The summed E-state index contributed by atoms with van der Waals surface area (Å²) in [7, 11) is 0. The smallest absolute Gasteiger partial charge is 0.307 e. The molecule has 4 nitrogen and oxygen atoms in total. The highest BCUT2D eigenvalue weighted by atomic mass is 16.4. The molecule has 0 amide bonds. The molecule has 2 N–H and O–H groups in total. The summed E-state index contributed by atoms with van der Waals surface area (Å²) in [6.45, 7) is 4.20. The van der Waals surface area contributed by atoms with Crippen LogP contribution in [0.2, 0.25) is 0 Å². The maximum absolute atomic E-state index is 12.2. The highest BCUT2D eigenvalue weighted by Crippen LogP contribution is 2.72. The van der Waals surface area contributed by atoms with E-state index in [9.17, 15) is 19.8 Å². The van der Waals surface area contributed by atoms with E-state index in [4.69, 9.17) is 0 Å². The van der Waals surface area contributed by atoms with Gasteiger partial charge in [-0.05, 0) is 41.9 Å². The predicted molar refractivity (Wildman–Crippen MR) is 68.4 cm³/mol. The number of aliphatic carboxylic acids is 1. The Morgan fingerprint density at radius 2 is 2.00 bits per heavy atom. The van der Waals surface area contributed by atoms with E-state index < -0.39 is 23.2 Å². The molecule has 3 aliphatic rings. The van der Waals surface area contributed by atoms with Gasteiger partial charge >= 0.3 is 5.97 Å². The molecule has 0 heterocycles. The van der Waals surface area contributed by atoms with Crippen molar-refractivity contribution in [2.45, 2.75) is 39.5 Å². The van der Waals surface area contributed by atoms with Crippen molar-refractivity contribution < 1.29 is 19.8 Å². The molecule has 0 unspecified atom stereocenters. The Bertz CT molecular complexity index is 441. The second-order valence-corrected chi connectivity index (χ2v) is 7.36. The van der Waals surface area contributed by atoms with E-state index in [-0.39, 0.29) is 23.7 Å². The van der Waals surface area contributed by atoms with Crippen LogP contribution in [0.25, 0.3) is 0 Å². The summed E-state index contributed by atoms with van der Waals surface area (Å²) < 4.78 is 0. The first-order chi connectivity index (χ1) is 8.84. The number of carboxylic acids is 1. The minimum atomic E-state index is -0.783. The van der Waals surface area contributed by atoms with Crippen LogP contribution in [-0.2, 0) is 9.59 Å². The molecule has 0 radical (unpaired) electrons. The Labute approximate surface area is 113 Å². The first-order valence-electron chi connectivity index (χ1n) is 7.21. The van der Waals surface area contributed by atoms with E-state index in [1.165, 1.54) is 0 Å². The van der Waals surface area contributed by atoms with E-state index in [1.54, 1.807) is 0 Å². The van der Waals surface area contributed by atoms with Crippen LogP contribution < -0.4 is 0 Å². The Kier molecular flexibility index (Phi) is 2.63. The zero-order valence-electron chi connectivity index (χ0n) is 11.6. The average Bonchev–Trinajstić information content (AvgIpc) is 2.62. The molecule has 19 heavy (non-hydrogen) atoms. The fourth-order valence-electron chi connectivity index (χ4n) is 5.80. The number of rotatable bonds is 2. The van der Waals surface area contributed by atoms with Crippen molar-refractivity contribution in [1.82, 2.24) is 0 Å². The van der Waals surface area contributed by atoms with Gasteiger partial charge in [-0.3, -0.25) is 9.59 Å². The van der Waals surface area contributed by atoms with Crippen LogP contribution in [0.3, 0.4) is 0 Å². The summed E-state index contributed by atoms with van der Waals surface area (Å²) in [5.74, 6) is -1.01. The van der Waals surface area contributed by atoms with Gasteiger partial charge < -0.3 is 10.2 Å². The van der Waals surface area contributed by atoms with E-state index in [2.05, 4.69) is 13.8 Å². The molecule has 3 saturated carbocycles. The largest absolute Gasteiger partial charge is 0.481 e. The third-order valence-corrected chi connectivity index (χ3v) is 6.30. The number of aliphatic hydroxyl groups is 1. The summed E-state index contributed by atoms with van der Waals surface area (Å²) >= 11 is 0. The van der Waals surface area contributed by atoms with Crippen LogP contribution in [0.1, 0.15) is 39.5 Å². The third kappa shape index (κ3) is 1.44. The number of Topliss-reactive ketones (excluding diaryl/α,β-unsaturated/α-hetero) is 1. The summed E-state index contributed by atoms with van der Waals surface area (Å²) in [6.07, 6.45) is 2.80. The summed E-state index contributed by atoms with van der Waals surface area (Å²) in [5.41, 5.74) is -0.396. The van der Waals surface area contributed by atoms with Gasteiger partial charge in [0.15, 0.2) is 0 Å². The van der Waals surface area contributed by atoms with Crippen LogP contribution in [-0.4, -0.2) is 28.6 Å². The first-order valence-corrected chi connectivity index (χ1v) is 7.21. The molecule has 4 heteroatoms. The average molecular weight is 266 g/mol. The number of carbonyl (C=O) groups excluding carboxylic acids is 1. The SMILES string of the molecule is CC1(C)C[C@]23[C@@H](C(=O)O)CC[C@@H]1[C@@H]2CC(=O)[C@@H]3CO. The zero-order valence-corrected chi connectivity index (χ0v) is 11.6. The topological polar surface area (TPSA) is 74.6 Å². The fourth-order valence-corrected chi connectivity index (χ4v) is 5.80. The molecular weight excluding hydrogens is 244 g/mol. The van der Waals surface area contributed by atoms with Crippen LogP contribution >= 0.6 is 0 Å². The van der Waals surface area contributed by atoms with Gasteiger partial charge in [-0.2, -0.15) is 0 Å². The van der Waals surface area contributed by atoms with E-state index in [0.717, 1.165) is 12.8 Å². The number of aliphatic hydroxyl groups excluding tert-OH is 1. The Morgan fingerprint density at radius 3 is 2.58 bits per heavy atom. The molecule has 3 rings (SSSR count).